The Hall–Kier alpha value is -0.0800. The number of hydrogen-bond donors (Lipinski definition) is 2. The molecule has 0 aromatic heterocycles. The second-order valence-corrected chi connectivity index (χ2v) is 6.01. The van der Waals surface area contributed by atoms with Crippen LogP contribution in [0, 0.1) is 11.3 Å². The molecule has 84 valence electrons. The summed E-state index contributed by atoms with van der Waals surface area (Å²) in [6, 6.07) is 0. The Kier molecular flexibility index (Phi) is 3.59. The molecule has 0 bridgehead atoms. The van der Waals surface area contributed by atoms with Gasteiger partial charge in [-0.05, 0) is 37.0 Å². The van der Waals surface area contributed by atoms with E-state index in [1.807, 2.05) is 0 Å². The highest BCUT2D eigenvalue weighted by atomic mass is 16.3. The molecule has 1 saturated carbocycles. The average Bonchev–Trinajstić information content (AvgIpc) is 2.27. The van der Waals surface area contributed by atoms with E-state index in [4.69, 9.17) is 5.73 Å². The lowest BCUT2D eigenvalue weighted by Gasteiger charge is -2.30. The first-order valence-electron chi connectivity index (χ1n) is 5.77. The molecule has 2 nitrogen and oxygen atoms in total. The Bertz CT molecular complexity index is 185. The van der Waals surface area contributed by atoms with Crippen molar-refractivity contribution >= 4 is 0 Å². The molecule has 0 radical (unpaired) electrons. The van der Waals surface area contributed by atoms with E-state index in [0.717, 1.165) is 18.8 Å². The van der Waals surface area contributed by atoms with Crippen molar-refractivity contribution in [2.45, 2.75) is 58.4 Å². The first-order chi connectivity index (χ1) is 6.37. The summed E-state index contributed by atoms with van der Waals surface area (Å²) in [5, 5.41) is 9.24. The minimum absolute atomic E-state index is 0.143. The Morgan fingerprint density at radius 3 is 2.43 bits per heavy atom. The summed E-state index contributed by atoms with van der Waals surface area (Å²) in [6.45, 7) is 7.06. The smallest absolute Gasteiger partial charge is 0.0611 e. The van der Waals surface area contributed by atoms with Crippen LogP contribution in [-0.4, -0.2) is 17.3 Å². The van der Waals surface area contributed by atoms with Crippen LogP contribution >= 0.6 is 0 Å². The third-order valence-corrected chi connectivity index (χ3v) is 3.76. The van der Waals surface area contributed by atoms with Crippen LogP contribution in [0.15, 0.2) is 0 Å². The second-order valence-electron chi connectivity index (χ2n) is 6.01. The SMILES string of the molecule is CC(C)(C)C1CCCC(N)(CO)CC1. The van der Waals surface area contributed by atoms with Gasteiger partial charge in [0.2, 0.25) is 0 Å². The zero-order valence-electron chi connectivity index (χ0n) is 9.84. The maximum Gasteiger partial charge on any atom is 0.0611 e. The summed E-state index contributed by atoms with van der Waals surface area (Å²) in [5.74, 6) is 0.763. The van der Waals surface area contributed by atoms with Gasteiger partial charge < -0.3 is 10.8 Å². The van der Waals surface area contributed by atoms with Crippen molar-refractivity contribution in [1.82, 2.24) is 0 Å². The predicted molar refractivity (Wildman–Crippen MR) is 60.0 cm³/mol. The minimum Gasteiger partial charge on any atom is -0.394 e. The highest BCUT2D eigenvalue weighted by Crippen LogP contribution is 2.38. The van der Waals surface area contributed by atoms with Gasteiger partial charge in [-0.3, -0.25) is 0 Å². The number of aliphatic hydroxyl groups excluding tert-OH is 1. The molecule has 1 aliphatic carbocycles. The quantitative estimate of drug-likeness (QED) is 0.637. The molecular weight excluding hydrogens is 174 g/mol. The maximum absolute atomic E-state index is 9.24. The van der Waals surface area contributed by atoms with E-state index in [9.17, 15) is 5.11 Å². The van der Waals surface area contributed by atoms with Crippen molar-refractivity contribution in [3.05, 3.63) is 0 Å². The van der Waals surface area contributed by atoms with Crippen LogP contribution in [0.1, 0.15) is 52.9 Å². The third kappa shape index (κ3) is 2.96. The summed E-state index contributed by atoms with van der Waals surface area (Å²) in [7, 11) is 0. The molecule has 0 aromatic rings. The molecule has 1 rings (SSSR count). The zero-order chi connectivity index (χ0) is 10.8. The van der Waals surface area contributed by atoms with Gasteiger partial charge in [0.05, 0.1) is 6.61 Å². The molecule has 1 aliphatic rings. The molecule has 2 unspecified atom stereocenters. The van der Waals surface area contributed by atoms with Crippen LogP contribution in [0.5, 0.6) is 0 Å². The number of nitrogens with two attached hydrogens (primary N) is 1. The van der Waals surface area contributed by atoms with Gasteiger partial charge in [-0.2, -0.15) is 0 Å². The van der Waals surface area contributed by atoms with E-state index in [1.54, 1.807) is 0 Å². The van der Waals surface area contributed by atoms with Crippen molar-refractivity contribution in [3.63, 3.8) is 0 Å². The van der Waals surface area contributed by atoms with Crippen molar-refractivity contribution in [3.8, 4) is 0 Å². The molecule has 0 heterocycles. The van der Waals surface area contributed by atoms with Crippen LogP contribution in [0.25, 0.3) is 0 Å². The van der Waals surface area contributed by atoms with E-state index in [0.29, 0.717) is 5.41 Å². The predicted octanol–water partition coefficient (Wildman–Crippen LogP) is 2.30. The molecule has 0 aromatic carbocycles. The molecule has 14 heavy (non-hydrogen) atoms. The Balaban J connectivity index is 2.57. The standard InChI is InChI=1S/C12H25NO/c1-11(2,3)10-5-4-7-12(13,9-14)8-6-10/h10,14H,4-9,13H2,1-3H3. The maximum atomic E-state index is 9.24. The first kappa shape index (κ1) is 12.0. The van der Waals surface area contributed by atoms with Crippen LogP contribution in [-0.2, 0) is 0 Å². The molecule has 2 heteroatoms. The van der Waals surface area contributed by atoms with E-state index in [2.05, 4.69) is 20.8 Å². The van der Waals surface area contributed by atoms with Gasteiger partial charge in [0.15, 0.2) is 0 Å². The van der Waals surface area contributed by atoms with E-state index >= 15 is 0 Å². The van der Waals surface area contributed by atoms with Gasteiger partial charge in [-0.15, -0.1) is 0 Å². The molecule has 0 amide bonds. The van der Waals surface area contributed by atoms with Gasteiger partial charge in [0.25, 0.3) is 0 Å². The van der Waals surface area contributed by atoms with E-state index < -0.39 is 0 Å². The molecule has 0 aliphatic heterocycles. The first-order valence-corrected chi connectivity index (χ1v) is 5.77. The lowest BCUT2D eigenvalue weighted by atomic mass is 9.76. The van der Waals surface area contributed by atoms with Gasteiger partial charge in [0, 0.05) is 5.54 Å². The summed E-state index contributed by atoms with van der Waals surface area (Å²) in [6.07, 6.45) is 5.56. The Morgan fingerprint density at radius 2 is 1.93 bits per heavy atom. The third-order valence-electron chi connectivity index (χ3n) is 3.76. The fourth-order valence-electron chi connectivity index (χ4n) is 2.46. The van der Waals surface area contributed by atoms with Crippen molar-refractivity contribution < 1.29 is 5.11 Å². The number of rotatable bonds is 1. The minimum atomic E-state index is -0.292. The summed E-state index contributed by atoms with van der Waals surface area (Å²) < 4.78 is 0. The fourth-order valence-corrected chi connectivity index (χ4v) is 2.46. The van der Waals surface area contributed by atoms with Gasteiger partial charge >= 0.3 is 0 Å². The van der Waals surface area contributed by atoms with Crippen molar-refractivity contribution in [1.29, 1.82) is 0 Å². The zero-order valence-corrected chi connectivity index (χ0v) is 9.84. The Morgan fingerprint density at radius 1 is 1.29 bits per heavy atom. The van der Waals surface area contributed by atoms with Gasteiger partial charge in [-0.25, -0.2) is 0 Å². The monoisotopic (exact) mass is 199 g/mol. The number of hydrogen-bond acceptors (Lipinski definition) is 2. The van der Waals surface area contributed by atoms with Crippen LogP contribution < -0.4 is 5.73 Å². The van der Waals surface area contributed by atoms with Crippen LogP contribution in [0.3, 0.4) is 0 Å². The summed E-state index contributed by atoms with van der Waals surface area (Å²) in [5.41, 5.74) is 6.21. The number of aliphatic hydroxyl groups is 1. The molecule has 0 saturated heterocycles. The molecule has 0 spiro atoms. The van der Waals surface area contributed by atoms with Crippen molar-refractivity contribution in [2.24, 2.45) is 17.1 Å². The van der Waals surface area contributed by atoms with Crippen molar-refractivity contribution in [2.75, 3.05) is 6.61 Å². The molecule has 1 fully saturated rings. The highest BCUT2D eigenvalue weighted by molar-refractivity contribution is 4.89. The van der Waals surface area contributed by atoms with Crippen LogP contribution in [0.2, 0.25) is 0 Å². The largest absolute Gasteiger partial charge is 0.394 e. The van der Waals surface area contributed by atoms with Gasteiger partial charge in [-0.1, -0.05) is 27.2 Å². The molecular formula is C12H25NO. The van der Waals surface area contributed by atoms with E-state index in [1.165, 1.54) is 19.3 Å². The van der Waals surface area contributed by atoms with Crippen LogP contribution in [0.4, 0.5) is 0 Å². The van der Waals surface area contributed by atoms with E-state index in [-0.39, 0.29) is 12.1 Å². The summed E-state index contributed by atoms with van der Waals surface area (Å²) in [4.78, 5) is 0. The normalized spacial score (nSPS) is 35.4. The van der Waals surface area contributed by atoms with Gasteiger partial charge in [0.1, 0.15) is 0 Å². The average molecular weight is 199 g/mol. The lowest BCUT2D eigenvalue weighted by Crippen LogP contribution is -2.43. The fraction of sp³-hybridized carbons (Fsp3) is 1.00. The topological polar surface area (TPSA) is 46.2 Å². The second kappa shape index (κ2) is 4.19. The highest BCUT2D eigenvalue weighted by Gasteiger charge is 2.32. The Labute approximate surface area is 87.9 Å². The summed E-state index contributed by atoms with van der Waals surface area (Å²) >= 11 is 0. The molecule has 2 atom stereocenters. The lowest BCUT2D eigenvalue weighted by molar-refractivity contribution is 0.170. The molecule has 3 N–H and O–H groups in total.